The summed E-state index contributed by atoms with van der Waals surface area (Å²) in [4.78, 5) is 0.102. The summed E-state index contributed by atoms with van der Waals surface area (Å²) in [5.41, 5.74) is 0. The van der Waals surface area contributed by atoms with Crippen LogP contribution in [0.2, 0.25) is 0 Å². The molecule has 2 atom stereocenters. The SMILES string of the molecule is COc1ccc(Br)cc1S(=O)(=O)N1CC(C)OC(CO)C1. The van der Waals surface area contributed by atoms with Crippen LogP contribution in [0.1, 0.15) is 6.92 Å². The first-order chi connectivity index (χ1) is 9.88. The quantitative estimate of drug-likeness (QED) is 0.851. The zero-order valence-corrected chi connectivity index (χ0v) is 14.2. The highest BCUT2D eigenvalue weighted by Gasteiger charge is 2.35. The number of morpholine rings is 1. The van der Waals surface area contributed by atoms with Gasteiger partial charge in [0.05, 0.1) is 25.9 Å². The monoisotopic (exact) mass is 379 g/mol. The molecule has 1 aromatic rings. The molecule has 2 rings (SSSR count). The average molecular weight is 380 g/mol. The van der Waals surface area contributed by atoms with Gasteiger partial charge in [0.25, 0.3) is 0 Å². The van der Waals surface area contributed by atoms with Gasteiger partial charge >= 0.3 is 0 Å². The lowest BCUT2D eigenvalue weighted by molar-refractivity contribution is -0.0750. The van der Waals surface area contributed by atoms with Gasteiger partial charge in [-0.05, 0) is 25.1 Å². The van der Waals surface area contributed by atoms with Crippen molar-refractivity contribution in [2.75, 3.05) is 26.8 Å². The fourth-order valence-corrected chi connectivity index (χ4v) is 4.53. The van der Waals surface area contributed by atoms with Gasteiger partial charge < -0.3 is 14.6 Å². The molecule has 21 heavy (non-hydrogen) atoms. The van der Waals surface area contributed by atoms with Crippen molar-refractivity contribution in [3.8, 4) is 5.75 Å². The Morgan fingerprint density at radius 3 is 2.81 bits per heavy atom. The molecular weight excluding hydrogens is 362 g/mol. The maximum atomic E-state index is 12.8. The lowest BCUT2D eigenvalue weighted by Gasteiger charge is -2.35. The van der Waals surface area contributed by atoms with E-state index in [1.165, 1.54) is 17.5 Å². The van der Waals surface area contributed by atoms with Gasteiger partial charge in [0.1, 0.15) is 10.6 Å². The number of rotatable bonds is 4. The molecule has 1 saturated heterocycles. The molecule has 1 N–H and O–H groups in total. The van der Waals surface area contributed by atoms with Crippen LogP contribution in [-0.4, -0.2) is 56.8 Å². The molecule has 1 aliphatic heterocycles. The lowest BCUT2D eigenvalue weighted by atomic mass is 10.2. The lowest BCUT2D eigenvalue weighted by Crippen LogP contribution is -2.50. The number of methoxy groups -OCH3 is 1. The predicted molar refractivity (Wildman–Crippen MR) is 80.9 cm³/mol. The Labute approximate surface area is 132 Å². The minimum Gasteiger partial charge on any atom is -0.495 e. The van der Waals surface area contributed by atoms with Gasteiger partial charge in [-0.1, -0.05) is 15.9 Å². The van der Waals surface area contributed by atoms with E-state index in [9.17, 15) is 13.5 Å². The molecule has 0 spiro atoms. The number of aliphatic hydroxyl groups is 1. The van der Waals surface area contributed by atoms with E-state index in [0.29, 0.717) is 4.47 Å². The third kappa shape index (κ3) is 3.57. The van der Waals surface area contributed by atoms with Crippen molar-refractivity contribution < 1.29 is 23.0 Å². The largest absolute Gasteiger partial charge is 0.495 e. The maximum Gasteiger partial charge on any atom is 0.246 e. The van der Waals surface area contributed by atoms with E-state index < -0.39 is 16.1 Å². The summed E-state index contributed by atoms with van der Waals surface area (Å²) in [6, 6.07) is 4.84. The Hall–Kier alpha value is -0.670. The smallest absolute Gasteiger partial charge is 0.246 e. The molecule has 0 aromatic heterocycles. The molecule has 0 bridgehead atoms. The van der Waals surface area contributed by atoms with Gasteiger partial charge in [-0.3, -0.25) is 0 Å². The van der Waals surface area contributed by atoms with Crippen LogP contribution in [0.25, 0.3) is 0 Å². The standard InChI is InChI=1S/C13H18BrNO5S/c1-9-6-15(7-11(8-16)20-9)21(17,18)13-5-10(14)3-4-12(13)19-2/h3-5,9,11,16H,6-8H2,1-2H3. The molecule has 2 unspecified atom stereocenters. The summed E-state index contributed by atoms with van der Waals surface area (Å²) < 4.78 is 38.2. The fraction of sp³-hybridized carbons (Fsp3) is 0.538. The second-order valence-electron chi connectivity index (χ2n) is 4.87. The van der Waals surface area contributed by atoms with Crippen LogP contribution in [0, 0.1) is 0 Å². The Morgan fingerprint density at radius 2 is 2.19 bits per heavy atom. The van der Waals surface area contributed by atoms with Gasteiger partial charge in [-0.2, -0.15) is 4.31 Å². The molecule has 0 aliphatic carbocycles. The van der Waals surface area contributed by atoms with Gasteiger partial charge in [0, 0.05) is 17.6 Å². The van der Waals surface area contributed by atoms with Gasteiger partial charge in [-0.25, -0.2) is 8.42 Å². The third-order valence-corrected chi connectivity index (χ3v) is 5.59. The number of nitrogens with zero attached hydrogens (tertiary/aromatic N) is 1. The van der Waals surface area contributed by atoms with Crippen LogP contribution < -0.4 is 4.74 Å². The van der Waals surface area contributed by atoms with Crippen molar-refractivity contribution in [2.24, 2.45) is 0 Å². The van der Waals surface area contributed by atoms with Crippen molar-refractivity contribution in [1.82, 2.24) is 4.31 Å². The van der Waals surface area contributed by atoms with Crippen LogP contribution in [-0.2, 0) is 14.8 Å². The van der Waals surface area contributed by atoms with Gasteiger partial charge in [0.2, 0.25) is 10.0 Å². The van der Waals surface area contributed by atoms with Crippen LogP contribution in [0.3, 0.4) is 0 Å². The van der Waals surface area contributed by atoms with Crippen molar-refractivity contribution in [1.29, 1.82) is 0 Å². The first-order valence-corrected chi connectivity index (χ1v) is 8.71. The van der Waals surface area contributed by atoms with Crippen LogP contribution in [0.4, 0.5) is 0 Å². The Balaban J connectivity index is 2.39. The molecule has 1 aromatic carbocycles. The fourth-order valence-electron chi connectivity index (χ4n) is 2.29. The highest BCUT2D eigenvalue weighted by atomic mass is 79.9. The summed E-state index contributed by atoms with van der Waals surface area (Å²) in [7, 11) is -2.28. The molecule has 8 heteroatoms. The second kappa shape index (κ2) is 6.62. The second-order valence-corrected chi connectivity index (χ2v) is 7.69. The number of hydrogen-bond donors (Lipinski definition) is 1. The molecule has 1 fully saturated rings. The number of halogens is 1. The van der Waals surface area contributed by atoms with Crippen molar-refractivity contribution in [3.63, 3.8) is 0 Å². The minimum absolute atomic E-state index is 0.102. The highest BCUT2D eigenvalue weighted by molar-refractivity contribution is 9.10. The molecule has 0 saturated carbocycles. The summed E-state index contributed by atoms with van der Waals surface area (Å²) >= 11 is 3.28. The van der Waals surface area contributed by atoms with E-state index in [0.717, 1.165) is 0 Å². The summed E-state index contributed by atoms with van der Waals surface area (Å²) in [5, 5.41) is 9.23. The first-order valence-electron chi connectivity index (χ1n) is 6.48. The average Bonchev–Trinajstić information content (AvgIpc) is 2.46. The van der Waals surface area contributed by atoms with E-state index in [1.54, 1.807) is 19.1 Å². The Bertz CT molecular complexity index is 607. The van der Waals surface area contributed by atoms with E-state index in [-0.39, 0.29) is 36.4 Å². The topological polar surface area (TPSA) is 76.1 Å². The number of benzene rings is 1. The molecule has 0 amide bonds. The van der Waals surface area contributed by atoms with Crippen LogP contribution in [0.5, 0.6) is 5.75 Å². The van der Waals surface area contributed by atoms with E-state index in [1.807, 2.05) is 0 Å². The minimum atomic E-state index is -3.72. The Morgan fingerprint density at radius 1 is 1.48 bits per heavy atom. The molecular formula is C13H18BrNO5S. The zero-order valence-electron chi connectivity index (χ0n) is 11.8. The van der Waals surface area contributed by atoms with E-state index in [4.69, 9.17) is 9.47 Å². The van der Waals surface area contributed by atoms with E-state index in [2.05, 4.69) is 15.9 Å². The summed E-state index contributed by atoms with van der Waals surface area (Å²) in [6.07, 6.45) is -0.787. The summed E-state index contributed by atoms with van der Waals surface area (Å²) in [6.45, 7) is 1.93. The first kappa shape index (κ1) is 16.7. The van der Waals surface area contributed by atoms with Gasteiger partial charge in [0.15, 0.2) is 0 Å². The van der Waals surface area contributed by atoms with Crippen molar-refractivity contribution >= 4 is 26.0 Å². The van der Waals surface area contributed by atoms with E-state index >= 15 is 0 Å². The number of sulfonamides is 1. The third-order valence-electron chi connectivity index (χ3n) is 3.24. The van der Waals surface area contributed by atoms with Crippen LogP contribution in [0.15, 0.2) is 27.6 Å². The maximum absolute atomic E-state index is 12.8. The summed E-state index contributed by atoms with van der Waals surface area (Å²) in [5.74, 6) is 0.290. The molecule has 6 nitrogen and oxygen atoms in total. The highest BCUT2D eigenvalue weighted by Crippen LogP contribution is 2.31. The molecule has 118 valence electrons. The Kier molecular flexibility index (Phi) is 5.26. The van der Waals surface area contributed by atoms with Crippen LogP contribution >= 0.6 is 15.9 Å². The number of aliphatic hydroxyl groups excluding tert-OH is 1. The molecule has 1 heterocycles. The molecule has 1 aliphatic rings. The van der Waals surface area contributed by atoms with Crippen molar-refractivity contribution in [3.05, 3.63) is 22.7 Å². The number of ether oxygens (including phenoxy) is 2. The normalized spacial score (nSPS) is 24.0. The zero-order chi connectivity index (χ0) is 15.6. The van der Waals surface area contributed by atoms with Gasteiger partial charge in [-0.15, -0.1) is 0 Å². The predicted octanol–water partition coefficient (Wildman–Crippen LogP) is 1.23. The molecule has 0 radical (unpaired) electrons. The number of hydrogen-bond acceptors (Lipinski definition) is 5. The van der Waals surface area contributed by atoms with Crippen molar-refractivity contribution in [2.45, 2.75) is 24.0 Å².